The normalized spacial score (nSPS) is 10.4. The number of carboxylic acid groups (broad SMARTS) is 2. The van der Waals surface area contributed by atoms with Gasteiger partial charge in [-0.05, 0) is 18.6 Å². The Balaban J connectivity index is 2.44. The van der Waals surface area contributed by atoms with E-state index in [1.807, 2.05) is 0 Å². The lowest BCUT2D eigenvalue weighted by Gasteiger charge is -2.10. The molecular formula is C14H15N3O5. The van der Waals surface area contributed by atoms with E-state index in [4.69, 9.17) is 9.84 Å². The maximum atomic E-state index is 11.3. The van der Waals surface area contributed by atoms with Crippen LogP contribution in [0.1, 0.15) is 23.3 Å². The number of methoxy groups -OCH3 is 1. The van der Waals surface area contributed by atoms with Gasteiger partial charge in [0.25, 0.3) is 0 Å². The Labute approximate surface area is 125 Å². The highest BCUT2D eigenvalue weighted by atomic mass is 16.5. The summed E-state index contributed by atoms with van der Waals surface area (Å²) >= 11 is 0. The zero-order valence-corrected chi connectivity index (χ0v) is 11.9. The summed E-state index contributed by atoms with van der Waals surface area (Å²) in [6.45, 7) is 0.250. The first kappa shape index (κ1) is 15.5. The van der Waals surface area contributed by atoms with E-state index in [0.29, 0.717) is 23.4 Å². The Morgan fingerprint density at radius 1 is 1.27 bits per heavy atom. The molecule has 116 valence electrons. The molecule has 0 saturated carbocycles. The van der Waals surface area contributed by atoms with Gasteiger partial charge in [0.15, 0.2) is 5.69 Å². The molecular weight excluding hydrogens is 290 g/mol. The van der Waals surface area contributed by atoms with E-state index >= 15 is 0 Å². The second kappa shape index (κ2) is 6.70. The van der Waals surface area contributed by atoms with Crippen molar-refractivity contribution in [1.29, 1.82) is 0 Å². The lowest BCUT2D eigenvalue weighted by molar-refractivity contribution is -0.137. The van der Waals surface area contributed by atoms with Crippen LogP contribution in [0.4, 0.5) is 0 Å². The molecule has 1 aromatic carbocycles. The van der Waals surface area contributed by atoms with Gasteiger partial charge in [0, 0.05) is 18.5 Å². The maximum absolute atomic E-state index is 11.3. The van der Waals surface area contributed by atoms with Crippen LogP contribution in [0.3, 0.4) is 0 Å². The molecule has 0 radical (unpaired) electrons. The molecule has 2 N–H and O–H groups in total. The second-order valence-electron chi connectivity index (χ2n) is 4.51. The Kier molecular flexibility index (Phi) is 4.72. The third-order valence-electron chi connectivity index (χ3n) is 3.06. The van der Waals surface area contributed by atoms with Crippen LogP contribution in [0.15, 0.2) is 24.3 Å². The Morgan fingerprint density at radius 3 is 2.64 bits per heavy atom. The summed E-state index contributed by atoms with van der Waals surface area (Å²) < 4.78 is 6.64. The number of ether oxygens (including phenoxy) is 1. The minimum absolute atomic E-state index is 0.0341. The zero-order valence-electron chi connectivity index (χ0n) is 11.9. The number of hydrogen-bond donors (Lipinski definition) is 2. The summed E-state index contributed by atoms with van der Waals surface area (Å²) in [6, 6.07) is 6.92. The molecule has 8 nitrogen and oxygen atoms in total. The van der Waals surface area contributed by atoms with E-state index in [2.05, 4.69) is 10.3 Å². The number of aliphatic carboxylic acids is 1. The third-order valence-corrected chi connectivity index (χ3v) is 3.06. The van der Waals surface area contributed by atoms with E-state index in [-0.39, 0.29) is 18.7 Å². The number of benzene rings is 1. The molecule has 0 aliphatic heterocycles. The highest BCUT2D eigenvalue weighted by molar-refractivity contribution is 5.93. The van der Waals surface area contributed by atoms with Gasteiger partial charge in [-0.15, -0.1) is 5.10 Å². The predicted molar refractivity (Wildman–Crippen MR) is 75.8 cm³/mol. The largest absolute Gasteiger partial charge is 0.496 e. The molecule has 0 atom stereocenters. The van der Waals surface area contributed by atoms with Crippen LogP contribution in [-0.2, 0) is 11.3 Å². The van der Waals surface area contributed by atoms with E-state index in [0.717, 1.165) is 0 Å². The minimum Gasteiger partial charge on any atom is -0.496 e. The molecule has 8 heteroatoms. The number of nitrogens with zero attached hydrogens (tertiary/aromatic N) is 3. The number of carbonyl (C=O) groups is 2. The van der Waals surface area contributed by atoms with Crippen LogP contribution >= 0.6 is 0 Å². The Hall–Kier alpha value is -2.90. The van der Waals surface area contributed by atoms with E-state index in [1.165, 1.54) is 11.8 Å². The van der Waals surface area contributed by atoms with E-state index < -0.39 is 11.9 Å². The smallest absolute Gasteiger partial charge is 0.358 e. The first-order valence-electron chi connectivity index (χ1n) is 6.56. The molecule has 1 heterocycles. The van der Waals surface area contributed by atoms with Crippen molar-refractivity contribution < 1.29 is 24.5 Å². The fourth-order valence-corrected chi connectivity index (χ4v) is 2.10. The van der Waals surface area contributed by atoms with Crippen LogP contribution < -0.4 is 4.74 Å². The number of aromatic nitrogens is 3. The molecule has 2 rings (SSSR count). The molecule has 0 aliphatic rings. The molecule has 0 unspecified atom stereocenters. The lowest BCUT2D eigenvalue weighted by Crippen LogP contribution is -2.07. The molecule has 0 amide bonds. The molecule has 0 bridgehead atoms. The summed E-state index contributed by atoms with van der Waals surface area (Å²) in [5, 5.41) is 25.5. The Morgan fingerprint density at radius 2 is 2.00 bits per heavy atom. The molecule has 0 aliphatic carbocycles. The molecule has 1 aromatic heterocycles. The monoisotopic (exact) mass is 305 g/mol. The van der Waals surface area contributed by atoms with Gasteiger partial charge in [-0.2, -0.15) is 0 Å². The molecule has 0 saturated heterocycles. The number of rotatable bonds is 7. The van der Waals surface area contributed by atoms with Gasteiger partial charge in [-0.1, -0.05) is 17.3 Å². The fourth-order valence-electron chi connectivity index (χ4n) is 2.10. The summed E-state index contributed by atoms with van der Waals surface area (Å²) in [5.74, 6) is -1.63. The standard InChI is InChI=1S/C14H15N3O5/c1-22-10-6-3-2-5-9(10)13-12(14(20)21)15-16-17(13)8-4-7-11(18)19/h2-3,5-6H,4,7-8H2,1H3,(H,18,19)(H,20,21). The van der Waals surface area contributed by atoms with Gasteiger partial charge < -0.3 is 14.9 Å². The average Bonchev–Trinajstić information content (AvgIpc) is 2.90. The van der Waals surface area contributed by atoms with E-state index in [9.17, 15) is 14.7 Å². The first-order valence-corrected chi connectivity index (χ1v) is 6.56. The number of para-hydroxylation sites is 1. The number of carboxylic acids is 2. The SMILES string of the molecule is COc1ccccc1-c1c(C(=O)O)nnn1CCCC(=O)O. The van der Waals surface area contributed by atoms with Crippen molar-refractivity contribution in [2.45, 2.75) is 19.4 Å². The predicted octanol–water partition coefficient (Wildman–Crippen LogP) is 1.52. The second-order valence-corrected chi connectivity index (χ2v) is 4.51. The molecule has 0 fully saturated rings. The quantitative estimate of drug-likeness (QED) is 0.796. The third kappa shape index (κ3) is 3.22. The van der Waals surface area contributed by atoms with Gasteiger partial charge in [-0.25, -0.2) is 9.48 Å². The van der Waals surface area contributed by atoms with Crippen molar-refractivity contribution in [2.75, 3.05) is 7.11 Å². The van der Waals surface area contributed by atoms with Gasteiger partial charge in [0.1, 0.15) is 11.4 Å². The number of aryl methyl sites for hydroxylation is 1. The topological polar surface area (TPSA) is 115 Å². The highest BCUT2D eigenvalue weighted by Crippen LogP contribution is 2.31. The Bertz CT molecular complexity index is 696. The average molecular weight is 305 g/mol. The van der Waals surface area contributed by atoms with Crippen molar-refractivity contribution in [3.63, 3.8) is 0 Å². The molecule has 2 aromatic rings. The number of hydrogen-bond acceptors (Lipinski definition) is 5. The molecule has 22 heavy (non-hydrogen) atoms. The first-order chi connectivity index (χ1) is 10.5. The minimum atomic E-state index is -1.20. The van der Waals surface area contributed by atoms with Crippen molar-refractivity contribution in [3.05, 3.63) is 30.0 Å². The maximum Gasteiger partial charge on any atom is 0.358 e. The van der Waals surface area contributed by atoms with Crippen LogP contribution in [0.25, 0.3) is 11.3 Å². The summed E-state index contributed by atoms with van der Waals surface area (Å²) in [7, 11) is 1.48. The van der Waals surface area contributed by atoms with Crippen LogP contribution in [0.2, 0.25) is 0 Å². The van der Waals surface area contributed by atoms with Gasteiger partial charge >= 0.3 is 11.9 Å². The van der Waals surface area contributed by atoms with Crippen molar-refractivity contribution >= 4 is 11.9 Å². The summed E-state index contributed by atoms with van der Waals surface area (Å²) in [4.78, 5) is 21.9. The van der Waals surface area contributed by atoms with Crippen LogP contribution in [0, 0.1) is 0 Å². The van der Waals surface area contributed by atoms with Gasteiger partial charge in [0.05, 0.1) is 7.11 Å². The van der Waals surface area contributed by atoms with Crippen molar-refractivity contribution in [2.24, 2.45) is 0 Å². The zero-order chi connectivity index (χ0) is 16.1. The van der Waals surface area contributed by atoms with E-state index in [1.54, 1.807) is 24.3 Å². The van der Waals surface area contributed by atoms with Crippen molar-refractivity contribution in [3.8, 4) is 17.0 Å². The molecule has 0 spiro atoms. The van der Waals surface area contributed by atoms with Crippen LogP contribution in [-0.4, -0.2) is 44.3 Å². The van der Waals surface area contributed by atoms with Gasteiger partial charge in [0.2, 0.25) is 0 Å². The van der Waals surface area contributed by atoms with Gasteiger partial charge in [-0.3, -0.25) is 4.79 Å². The van der Waals surface area contributed by atoms with Crippen molar-refractivity contribution in [1.82, 2.24) is 15.0 Å². The lowest BCUT2D eigenvalue weighted by atomic mass is 10.1. The number of aromatic carboxylic acids is 1. The highest BCUT2D eigenvalue weighted by Gasteiger charge is 2.22. The fraction of sp³-hybridized carbons (Fsp3) is 0.286. The summed E-state index contributed by atoms with van der Waals surface area (Å²) in [5.41, 5.74) is 0.651. The summed E-state index contributed by atoms with van der Waals surface area (Å²) in [6.07, 6.45) is 0.285. The van der Waals surface area contributed by atoms with Crippen LogP contribution in [0.5, 0.6) is 5.75 Å².